The quantitative estimate of drug-likeness (QED) is 0.599. The van der Waals surface area contributed by atoms with Crippen LogP contribution < -0.4 is 0 Å². The van der Waals surface area contributed by atoms with Crippen molar-refractivity contribution < 1.29 is 4.79 Å². The molecule has 6 heteroatoms. The van der Waals surface area contributed by atoms with Crippen LogP contribution in [0.2, 0.25) is 5.28 Å². The zero-order valence-electron chi connectivity index (χ0n) is 7.17. The van der Waals surface area contributed by atoms with Gasteiger partial charge in [-0.15, -0.1) is 0 Å². The summed E-state index contributed by atoms with van der Waals surface area (Å²) in [5.41, 5.74) is 0.704. The molecule has 0 saturated heterocycles. The minimum atomic E-state index is -0.651. The number of hydrogen-bond donors (Lipinski definition) is 0. The minimum absolute atomic E-state index is 0.00817. The maximum atomic E-state index is 11.1. The molecule has 0 atom stereocenters. The van der Waals surface area contributed by atoms with Crippen molar-refractivity contribution in [2.24, 2.45) is 0 Å². The maximum Gasteiger partial charge on any atom is 0.271 e. The number of carbonyl (C=O) groups excluding carboxylic acids is 1. The molecule has 3 nitrogen and oxygen atoms in total. The topological polar surface area (TPSA) is 42.9 Å². The van der Waals surface area contributed by atoms with Crippen LogP contribution in [0.4, 0.5) is 0 Å². The molecule has 0 aliphatic heterocycles. The largest absolute Gasteiger partial charge is 0.274 e. The van der Waals surface area contributed by atoms with Crippen LogP contribution in [-0.4, -0.2) is 15.2 Å². The lowest BCUT2D eigenvalue weighted by Crippen LogP contribution is -1.98. The van der Waals surface area contributed by atoms with Crippen LogP contribution in [-0.2, 0) is 0 Å². The minimum Gasteiger partial charge on any atom is -0.274 e. The summed E-state index contributed by atoms with van der Waals surface area (Å²) in [6.07, 6.45) is 0. The van der Waals surface area contributed by atoms with Crippen LogP contribution in [0.25, 0.3) is 10.9 Å². The van der Waals surface area contributed by atoms with Gasteiger partial charge in [0.15, 0.2) is 0 Å². The van der Waals surface area contributed by atoms with E-state index in [9.17, 15) is 4.79 Å². The molecule has 0 radical (unpaired) electrons. The fourth-order valence-electron chi connectivity index (χ4n) is 1.22. The number of fused-ring (bicyclic) bond motifs is 1. The van der Waals surface area contributed by atoms with Gasteiger partial charge in [-0.05, 0) is 41.4 Å². The van der Waals surface area contributed by atoms with E-state index in [1.807, 2.05) is 0 Å². The van der Waals surface area contributed by atoms with E-state index in [1.54, 1.807) is 18.2 Å². The van der Waals surface area contributed by atoms with Gasteiger partial charge >= 0.3 is 0 Å². The molecule has 0 spiro atoms. The van der Waals surface area contributed by atoms with Gasteiger partial charge in [0.1, 0.15) is 5.69 Å². The molecule has 0 saturated carbocycles. The second-order valence-electron chi connectivity index (χ2n) is 2.78. The Kier molecular flexibility index (Phi) is 2.91. The summed E-state index contributed by atoms with van der Waals surface area (Å²) in [7, 11) is 0. The van der Waals surface area contributed by atoms with Crippen molar-refractivity contribution in [3.8, 4) is 0 Å². The van der Waals surface area contributed by atoms with Gasteiger partial charge in [-0.1, -0.05) is 15.9 Å². The molecule has 0 fully saturated rings. The lowest BCUT2D eigenvalue weighted by Gasteiger charge is -2.02. The molecule has 0 unspecified atom stereocenters. The highest BCUT2D eigenvalue weighted by molar-refractivity contribution is 9.10. The van der Waals surface area contributed by atoms with Gasteiger partial charge in [-0.3, -0.25) is 4.79 Å². The lowest BCUT2D eigenvalue weighted by molar-refractivity contribution is 0.107. The van der Waals surface area contributed by atoms with Gasteiger partial charge in [-0.25, -0.2) is 9.97 Å². The molecule has 1 aromatic carbocycles. The fraction of sp³-hybridized carbons (Fsp3) is 0. The zero-order valence-corrected chi connectivity index (χ0v) is 10.3. The van der Waals surface area contributed by atoms with E-state index in [-0.39, 0.29) is 11.0 Å². The van der Waals surface area contributed by atoms with E-state index in [1.165, 1.54) is 0 Å². The van der Waals surface area contributed by atoms with E-state index in [2.05, 4.69) is 25.9 Å². The highest BCUT2D eigenvalue weighted by Gasteiger charge is 2.12. The summed E-state index contributed by atoms with van der Waals surface area (Å²) in [6.45, 7) is 0. The van der Waals surface area contributed by atoms with Crippen molar-refractivity contribution in [3.05, 3.63) is 33.6 Å². The predicted molar refractivity (Wildman–Crippen MR) is 62.4 cm³/mol. The summed E-state index contributed by atoms with van der Waals surface area (Å²) in [5, 5.41) is -0.0648. The van der Waals surface area contributed by atoms with Crippen molar-refractivity contribution in [1.29, 1.82) is 0 Å². The Morgan fingerprint density at radius 3 is 2.73 bits per heavy atom. The Bertz CT molecular complexity index is 559. The van der Waals surface area contributed by atoms with E-state index >= 15 is 0 Å². The molecule has 0 amide bonds. The number of halogens is 3. The molecule has 2 rings (SSSR count). The zero-order chi connectivity index (χ0) is 11.0. The van der Waals surface area contributed by atoms with Gasteiger partial charge in [0.2, 0.25) is 5.28 Å². The predicted octanol–water partition coefficient (Wildman–Crippen LogP) is 3.42. The third-order valence-electron chi connectivity index (χ3n) is 1.82. The summed E-state index contributed by atoms with van der Waals surface area (Å²) in [5.74, 6) is 0. The van der Waals surface area contributed by atoms with E-state index in [0.29, 0.717) is 10.9 Å². The van der Waals surface area contributed by atoms with Gasteiger partial charge in [0.05, 0.1) is 5.52 Å². The highest BCUT2D eigenvalue weighted by atomic mass is 79.9. The van der Waals surface area contributed by atoms with Crippen LogP contribution in [0.15, 0.2) is 22.7 Å². The monoisotopic (exact) mass is 304 g/mol. The Balaban J connectivity index is 2.87. The molecule has 76 valence electrons. The van der Waals surface area contributed by atoms with E-state index in [4.69, 9.17) is 23.2 Å². The third kappa shape index (κ3) is 2.12. The van der Waals surface area contributed by atoms with Gasteiger partial charge in [0.25, 0.3) is 5.24 Å². The maximum absolute atomic E-state index is 11.1. The average molecular weight is 306 g/mol. The smallest absolute Gasteiger partial charge is 0.271 e. The number of benzene rings is 1. The van der Waals surface area contributed by atoms with Crippen molar-refractivity contribution in [1.82, 2.24) is 9.97 Å². The Labute approximate surface area is 104 Å². The van der Waals surface area contributed by atoms with Gasteiger partial charge < -0.3 is 0 Å². The van der Waals surface area contributed by atoms with E-state index in [0.717, 1.165) is 4.47 Å². The molecule has 0 bridgehead atoms. The Morgan fingerprint density at radius 1 is 1.33 bits per heavy atom. The number of carbonyl (C=O) groups is 1. The van der Waals surface area contributed by atoms with Crippen molar-refractivity contribution in [2.45, 2.75) is 0 Å². The van der Waals surface area contributed by atoms with Crippen LogP contribution in [0, 0.1) is 0 Å². The summed E-state index contributed by atoms with van der Waals surface area (Å²) in [4.78, 5) is 18.9. The molecule has 1 heterocycles. The first-order valence-corrected chi connectivity index (χ1v) is 5.45. The van der Waals surface area contributed by atoms with Gasteiger partial charge in [-0.2, -0.15) is 0 Å². The summed E-state index contributed by atoms with van der Waals surface area (Å²) >= 11 is 14.4. The SMILES string of the molecule is O=C(Cl)c1nc(Cl)nc2ccc(Br)cc12. The number of hydrogen-bond acceptors (Lipinski definition) is 3. The second kappa shape index (κ2) is 4.04. The Morgan fingerprint density at radius 2 is 2.07 bits per heavy atom. The van der Waals surface area contributed by atoms with Crippen LogP contribution >= 0.6 is 39.1 Å². The summed E-state index contributed by atoms with van der Waals surface area (Å²) < 4.78 is 0.820. The number of rotatable bonds is 1. The van der Waals surface area contributed by atoms with Crippen molar-refractivity contribution in [3.63, 3.8) is 0 Å². The molecular formula is C9H3BrCl2N2O. The molecule has 1 aromatic heterocycles. The molecule has 2 aromatic rings. The van der Waals surface area contributed by atoms with Crippen molar-refractivity contribution in [2.75, 3.05) is 0 Å². The first-order valence-electron chi connectivity index (χ1n) is 3.90. The Hall–Kier alpha value is -0.710. The molecule has 0 aliphatic carbocycles. The fourth-order valence-corrected chi connectivity index (χ4v) is 1.90. The molecule has 0 N–H and O–H groups in total. The third-order valence-corrected chi connectivity index (χ3v) is 2.66. The van der Waals surface area contributed by atoms with Crippen molar-refractivity contribution >= 4 is 55.3 Å². The van der Waals surface area contributed by atoms with E-state index < -0.39 is 5.24 Å². The first kappa shape index (κ1) is 10.8. The molecule has 0 aliphatic rings. The lowest BCUT2D eigenvalue weighted by atomic mass is 10.2. The highest BCUT2D eigenvalue weighted by Crippen LogP contribution is 2.23. The first-order chi connectivity index (χ1) is 7.08. The standard InChI is InChI=1S/C9H3BrCl2N2O/c10-4-1-2-6-5(3-4)7(8(11)15)14-9(12)13-6/h1-3H. The normalized spacial score (nSPS) is 10.6. The van der Waals surface area contributed by atoms with Crippen LogP contribution in [0.1, 0.15) is 10.5 Å². The average Bonchev–Trinajstić information content (AvgIpc) is 2.17. The molecule has 15 heavy (non-hydrogen) atoms. The molecular weight excluding hydrogens is 303 g/mol. The van der Waals surface area contributed by atoms with Gasteiger partial charge in [0, 0.05) is 9.86 Å². The number of aromatic nitrogens is 2. The van der Waals surface area contributed by atoms with Crippen LogP contribution in [0.3, 0.4) is 0 Å². The van der Waals surface area contributed by atoms with Crippen LogP contribution in [0.5, 0.6) is 0 Å². The second-order valence-corrected chi connectivity index (χ2v) is 4.37. The summed E-state index contributed by atoms with van der Waals surface area (Å²) in [6, 6.07) is 5.26. The number of nitrogens with zero attached hydrogens (tertiary/aromatic N) is 2.